The Balaban J connectivity index is 1.26. The highest BCUT2D eigenvalue weighted by Gasteiger charge is 2.26. The fraction of sp³-hybridized carbons (Fsp3) is 0.316. The molecule has 10 nitrogen and oxygen atoms in total. The summed E-state index contributed by atoms with van der Waals surface area (Å²) in [6, 6.07) is 7.54. The van der Waals surface area contributed by atoms with Gasteiger partial charge in [-0.15, -0.1) is 10.2 Å². The predicted molar refractivity (Wildman–Crippen MR) is 102 cm³/mol. The molecule has 1 N–H and O–H groups in total. The Labute approximate surface area is 165 Å². The number of non-ortho nitro benzene ring substituents is 1. The number of hydrogen-bond acceptors (Lipinski definition) is 8. The molecule has 0 unspecified atom stereocenters. The van der Waals surface area contributed by atoms with Crippen molar-refractivity contribution in [3.05, 3.63) is 58.9 Å². The molecule has 29 heavy (non-hydrogen) atoms. The average Bonchev–Trinajstić information content (AvgIpc) is 3.41. The van der Waals surface area contributed by atoms with Crippen LogP contribution < -0.4 is 5.32 Å². The van der Waals surface area contributed by atoms with Gasteiger partial charge in [-0.1, -0.05) is 0 Å². The molecule has 1 saturated heterocycles. The molecule has 0 radical (unpaired) electrons. The lowest BCUT2D eigenvalue weighted by molar-refractivity contribution is -0.384. The molecule has 3 aromatic rings. The Morgan fingerprint density at radius 2 is 1.97 bits per heavy atom. The summed E-state index contributed by atoms with van der Waals surface area (Å²) in [6.45, 7) is 1.73. The zero-order chi connectivity index (χ0) is 20.2. The molecule has 0 aliphatic carbocycles. The summed E-state index contributed by atoms with van der Waals surface area (Å²) in [7, 11) is 0. The molecular formula is C19H19N5O5. The third-order valence-electron chi connectivity index (χ3n) is 4.87. The van der Waals surface area contributed by atoms with E-state index < -0.39 is 4.92 Å². The van der Waals surface area contributed by atoms with Gasteiger partial charge in [0.05, 0.1) is 23.3 Å². The van der Waals surface area contributed by atoms with Crippen LogP contribution >= 0.6 is 0 Å². The Morgan fingerprint density at radius 1 is 1.21 bits per heavy atom. The van der Waals surface area contributed by atoms with E-state index in [0.29, 0.717) is 17.5 Å². The number of piperidine rings is 1. The van der Waals surface area contributed by atoms with Crippen molar-refractivity contribution < 1.29 is 18.6 Å². The molecule has 1 amide bonds. The first-order valence-corrected chi connectivity index (χ1v) is 9.21. The second-order valence-electron chi connectivity index (χ2n) is 6.86. The number of rotatable bonds is 6. The van der Waals surface area contributed by atoms with E-state index in [0.717, 1.165) is 31.5 Å². The lowest BCUT2D eigenvalue weighted by Gasteiger charge is -2.29. The molecule has 0 atom stereocenters. The fourth-order valence-corrected chi connectivity index (χ4v) is 3.31. The van der Waals surface area contributed by atoms with E-state index >= 15 is 0 Å². The maximum atomic E-state index is 12.2. The van der Waals surface area contributed by atoms with Crippen molar-refractivity contribution in [3.63, 3.8) is 0 Å². The summed E-state index contributed by atoms with van der Waals surface area (Å²) in [5, 5.41) is 21.7. The number of benzene rings is 1. The van der Waals surface area contributed by atoms with Crippen LogP contribution in [0, 0.1) is 10.1 Å². The highest BCUT2D eigenvalue weighted by Crippen LogP contribution is 2.29. The van der Waals surface area contributed by atoms with Crippen molar-refractivity contribution in [2.45, 2.75) is 18.8 Å². The zero-order valence-corrected chi connectivity index (χ0v) is 15.5. The van der Waals surface area contributed by atoms with E-state index in [2.05, 4.69) is 20.4 Å². The number of nitro groups is 1. The number of likely N-dealkylation sites (tertiary alicyclic amines) is 1. The maximum Gasteiger partial charge on any atom is 0.269 e. The van der Waals surface area contributed by atoms with E-state index in [4.69, 9.17) is 8.83 Å². The van der Waals surface area contributed by atoms with Crippen LogP contribution in [-0.2, 0) is 4.79 Å². The number of hydrogen-bond donors (Lipinski definition) is 1. The molecule has 1 fully saturated rings. The van der Waals surface area contributed by atoms with Gasteiger partial charge in [-0.3, -0.25) is 19.8 Å². The summed E-state index contributed by atoms with van der Waals surface area (Å²) in [5.41, 5.74) is 1.28. The minimum atomic E-state index is -0.475. The Bertz CT molecular complexity index is 975. The zero-order valence-electron chi connectivity index (χ0n) is 15.5. The summed E-state index contributed by atoms with van der Waals surface area (Å²) >= 11 is 0. The number of nitrogens with one attached hydrogen (secondary N) is 1. The van der Waals surface area contributed by atoms with Crippen molar-refractivity contribution >= 4 is 17.3 Å². The molecule has 1 aliphatic rings. The fourth-order valence-electron chi connectivity index (χ4n) is 3.31. The number of amides is 1. The molecule has 150 valence electrons. The molecule has 1 aliphatic heterocycles. The van der Waals surface area contributed by atoms with Crippen LogP contribution in [0.1, 0.15) is 24.7 Å². The summed E-state index contributed by atoms with van der Waals surface area (Å²) < 4.78 is 10.8. The van der Waals surface area contributed by atoms with Crippen molar-refractivity contribution in [1.29, 1.82) is 0 Å². The van der Waals surface area contributed by atoms with Crippen LogP contribution in [-0.4, -0.2) is 45.6 Å². The number of furan rings is 1. The molecule has 2 aromatic heterocycles. The highest BCUT2D eigenvalue weighted by atomic mass is 16.6. The van der Waals surface area contributed by atoms with Gasteiger partial charge in [0.2, 0.25) is 11.8 Å². The Hall–Kier alpha value is -3.53. The number of anilines is 1. The second-order valence-corrected chi connectivity index (χ2v) is 6.86. The highest BCUT2D eigenvalue weighted by molar-refractivity contribution is 5.92. The Kier molecular flexibility index (Phi) is 5.34. The van der Waals surface area contributed by atoms with E-state index in [1.165, 1.54) is 24.3 Å². The van der Waals surface area contributed by atoms with E-state index in [1.807, 2.05) is 0 Å². The van der Waals surface area contributed by atoms with Crippen molar-refractivity contribution in [1.82, 2.24) is 15.1 Å². The monoisotopic (exact) mass is 397 g/mol. The molecule has 3 heterocycles. The first-order valence-electron chi connectivity index (χ1n) is 9.21. The van der Waals surface area contributed by atoms with Crippen LogP contribution in [0.2, 0.25) is 0 Å². The van der Waals surface area contributed by atoms with Gasteiger partial charge in [-0.05, 0) is 44.1 Å². The standard InChI is InChI=1S/C19H19N5O5/c25-17(20-15-1-3-16(4-2-15)24(26)27)11-23-8-5-13(6-9-23)18-21-22-19(29-18)14-7-10-28-12-14/h1-4,7,10,12-13H,5-6,8-9,11H2,(H,20,25). The van der Waals surface area contributed by atoms with Crippen LogP contribution in [0.25, 0.3) is 11.5 Å². The van der Waals surface area contributed by atoms with Crippen LogP contribution in [0.5, 0.6) is 0 Å². The molecule has 10 heteroatoms. The van der Waals surface area contributed by atoms with Gasteiger partial charge >= 0.3 is 0 Å². The van der Waals surface area contributed by atoms with E-state index in [1.54, 1.807) is 18.6 Å². The SMILES string of the molecule is O=C(CN1CCC(c2nnc(-c3ccoc3)o2)CC1)Nc1ccc([N+](=O)[O-])cc1. The molecule has 0 saturated carbocycles. The van der Waals surface area contributed by atoms with Crippen LogP contribution in [0.15, 0.2) is 51.7 Å². The first kappa shape index (κ1) is 18.8. The molecule has 1 aromatic carbocycles. The van der Waals surface area contributed by atoms with Crippen LogP contribution in [0.3, 0.4) is 0 Å². The molecule has 0 spiro atoms. The predicted octanol–water partition coefficient (Wildman–Crippen LogP) is 3.06. The third kappa shape index (κ3) is 4.49. The van der Waals surface area contributed by atoms with Gasteiger partial charge in [-0.25, -0.2) is 0 Å². The number of nitro benzene ring substituents is 1. The number of carbonyl (C=O) groups excluding carboxylic acids is 1. The summed E-state index contributed by atoms with van der Waals surface area (Å²) in [4.78, 5) is 24.5. The Morgan fingerprint density at radius 3 is 2.62 bits per heavy atom. The van der Waals surface area contributed by atoms with Gasteiger partial charge in [0, 0.05) is 23.7 Å². The van der Waals surface area contributed by atoms with Gasteiger partial charge in [0.15, 0.2) is 0 Å². The van der Waals surface area contributed by atoms with Gasteiger partial charge < -0.3 is 14.2 Å². The van der Waals surface area contributed by atoms with Gasteiger partial charge in [0.25, 0.3) is 11.6 Å². The quantitative estimate of drug-likeness (QED) is 0.496. The smallest absolute Gasteiger partial charge is 0.269 e. The summed E-state index contributed by atoms with van der Waals surface area (Å²) in [6.07, 6.45) is 4.75. The number of nitrogens with zero attached hydrogens (tertiary/aromatic N) is 4. The first-order chi connectivity index (χ1) is 14.1. The largest absolute Gasteiger partial charge is 0.472 e. The summed E-state index contributed by atoms with van der Waals surface area (Å²) in [5.74, 6) is 1.06. The number of aromatic nitrogens is 2. The van der Waals surface area contributed by atoms with Crippen molar-refractivity contribution in [2.75, 3.05) is 25.0 Å². The maximum absolute atomic E-state index is 12.2. The minimum absolute atomic E-state index is 0.0120. The third-order valence-corrected chi connectivity index (χ3v) is 4.87. The molecular weight excluding hydrogens is 378 g/mol. The average molecular weight is 397 g/mol. The molecule has 0 bridgehead atoms. The van der Waals surface area contributed by atoms with Crippen molar-refractivity contribution in [2.24, 2.45) is 0 Å². The van der Waals surface area contributed by atoms with Gasteiger partial charge in [0.1, 0.15) is 6.26 Å². The second kappa shape index (κ2) is 8.23. The van der Waals surface area contributed by atoms with E-state index in [9.17, 15) is 14.9 Å². The topological polar surface area (TPSA) is 128 Å². The normalized spacial score (nSPS) is 15.3. The number of carbonyl (C=O) groups is 1. The molecule has 4 rings (SSSR count). The van der Waals surface area contributed by atoms with Crippen molar-refractivity contribution in [3.8, 4) is 11.5 Å². The van der Waals surface area contributed by atoms with E-state index in [-0.39, 0.29) is 24.1 Å². The minimum Gasteiger partial charge on any atom is -0.472 e. The lowest BCUT2D eigenvalue weighted by Crippen LogP contribution is -2.38. The van der Waals surface area contributed by atoms with Crippen LogP contribution in [0.4, 0.5) is 11.4 Å². The van der Waals surface area contributed by atoms with Gasteiger partial charge in [-0.2, -0.15) is 0 Å². The lowest BCUT2D eigenvalue weighted by atomic mass is 9.97.